The Hall–Kier alpha value is -1.27. The van der Waals surface area contributed by atoms with Crippen LogP contribution in [0.25, 0.3) is 0 Å². The minimum Gasteiger partial charge on any atom is -0.409 e. The molecule has 2 rings (SSSR count). The summed E-state index contributed by atoms with van der Waals surface area (Å²) in [6, 6.07) is 5.63. The van der Waals surface area contributed by atoms with Gasteiger partial charge in [0.15, 0.2) is 5.84 Å². The van der Waals surface area contributed by atoms with E-state index in [4.69, 9.17) is 10.9 Å². The predicted octanol–water partition coefficient (Wildman–Crippen LogP) is 1.50. The number of oxime groups is 1. The van der Waals surface area contributed by atoms with Gasteiger partial charge in [0, 0.05) is 28.8 Å². The molecule has 0 bridgehead atoms. The van der Waals surface area contributed by atoms with Crippen molar-refractivity contribution in [3.05, 3.63) is 28.2 Å². The maximum Gasteiger partial charge on any atom is 0.172 e. The fourth-order valence-corrected chi connectivity index (χ4v) is 2.49. The lowest BCUT2D eigenvalue weighted by Gasteiger charge is -2.32. The molecule has 1 fully saturated rings. The Morgan fingerprint density at radius 3 is 2.67 bits per heavy atom. The van der Waals surface area contributed by atoms with Crippen molar-refractivity contribution in [3.8, 4) is 0 Å². The number of benzene rings is 1. The first-order valence-electron chi connectivity index (χ1n) is 5.82. The summed E-state index contributed by atoms with van der Waals surface area (Å²) in [7, 11) is 0. The molecule has 0 spiro atoms. The molecule has 1 aliphatic rings. The highest BCUT2D eigenvalue weighted by molar-refractivity contribution is 9.10. The normalized spacial score (nSPS) is 18.1. The van der Waals surface area contributed by atoms with Gasteiger partial charge in [-0.15, -0.1) is 0 Å². The van der Waals surface area contributed by atoms with Gasteiger partial charge in [0.25, 0.3) is 0 Å². The van der Waals surface area contributed by atoms with Crippen LogP contribution in [0.1, 0.15) is 18.4 Å². The standard InChI is InChI=1S/C12H16BrN3O2/c13-8-1-2-10(12(14)15-18)11(7-8)16-5-3-9(17)4-6-16/h1-2,7,9,17-18H,3-6H2,(H2,14,15). The second-order valence-electron chi connectivity index (χ2n) is 4.36. The van der Waals surface area contributed by atoms with Gasteiger partial charge in [0.2, 0.25) is 0 Å². The second kappa shape index (κ2) is 5.58. The molecular formula is C12H16BrN3O2. The quantitative estimate of drug-likeness (QED) is 0.334. The summed E-state index contributed by atoms with van der Waals surface area (Å²) in [5.74, 6) is 0.101. The number of amidine groups is 1. The van der Waals surface area contributed by atoms with E-state index in [0.717, 1.165) is 36.1 Å². The third kappa shape index (κ3) is 2.76. The number of rotatable bonds is 2. The summed E-state index contributed by atoms with van der Waals surface area (Å²) in [5, 5.41) is 21.4. The lowest BCUT2D eigenvalue weighted by atomic mass is 10.0. The smallest absolute Gasteiger partial charge is 0.172 e. The van der Waals surface area contributed by atoms with Gasteiger partial charge in [0.1, 0.15) is 0 Å². The minimum atomic E-state index is -0.222. The van der Waals surface area contributed by atoms with Gasteiger partial charge in [0.05, 0.1) is 6.10 Å². The van der Waals surface area contributed by atoms with E-state index in [1.54, 1.807) is 0 Å². The van der Waals surface area contributed by atoms with Crippen LogP contribution in [0, 0.1) is 0 Å². The number of aliphatic hydroxyl groups excluding tert-OH is 1. The lowest BCUT2D eigenvalue weighted by molar-refractivity contribution is 0.145. The Kier molecular flexibility index (Phi) is 4.08. The molecule has 1 heterocycles. The summed E-state index contributed by atoms with van der Waals surface area (Å²) < 4.78 is 0.943. The van der Waals surface area contributed by atoms with E-state index in [2.05, 4.69) is 26.0 Å². The van der Waals surface area contributed by atoms with Crippen molar-refractivity contribution in [2.75, 3.05) is 18.0 Å². The number of halogens is 1. The molecule has 4 N–H and O–H groups in total. The highest BCUT2D eigenvalue weighted by atomic mass is 79.9. The van der Waals surface area contributed by atoms with Gasteiger partial charge >= 0.3 is 0 Å². The Morgan fingerprint density at radius 2 is 2.06 bits per heavy atom. The van der Waals surface area contributed by atoms with Crippen molar-refractivity contribution in [2.45, 2.75) is 18.9 Å². The van der Waals surface area contributed by atoms with Crippen molar-refractivity contribution in [2.24, 2.45) is 10.9 Å². The maximum absolute atomic E-state index is 9.53. The Morgan fingerprint density at radius 1 is 1.39 bits per heavy atom. The average Bonchev–Trinajstić information content (AvgIpc) is 2.38. The van der Waals surface area contributed by atoms with E-state index in [0.29, 0.717) is 5.56 Å². The van der Waals surface area contributed by atoms with Gasteiger partial charge < -0.3 is 20.9 Å². The molecule has 5 nitrogen and oxygen atoms in total. The van der Waals surface area contributed by atoms with E-state index in [9.17, 15) is 5.11 Å². The molecule has 1 aromatic carbocycles. The molecule has 1 aliphatic heterocycles. The first kappa shape index (κ1) is 13.2. The summed E-state index contributed by atoms with van der Waals surface area (Å²) in [6.45, 7) is 1.53. The van der Waals surface area contributed by atoms with Gasteiger partial charge in [-0.1, -0.05) is 21.1 Å². The fraction of sp³-hybridized carbons (Fsp3) is 0.417. The third-order valence-electron chi connectivity index (χ3n) is 3.15. The van der Waals surface area contributed by atoms with Crippen molar-refractivity contribution in [3.63, 3.8) is 0 Å². The van der Waals surface area contributed by atoms with Crippen molar-refractivity contribution >= 4 is 27.5 Å². The molecule has 0 unspecified atom stereocenters. The SMILES string of the molecule is N/C(=N/O)c1ccc(Br)cc1N1CCC(O)CC1. The van der Waals surface area contributed by atoms with Gasteiger partial charge in [-0.3, -0.25) is 0 Å². The zero-order chi connectivity index (χ0) is 13.1. The number of aliphatic hydroxyl groups is 1. The molecule has 18 heavy (non-hydrogen) atoms. The Bertz CT molecular complexity index is 457. The third-order valence-corrected chi connectivity index (χ3v) is 3.64. The molecule has 0 aromatic heterocycles. The highest BCUT2D eigenvalue weighted by Crippen LogP contribution is 2.27. The number of hydrogen-bond donors (Lipinski definition) is 3. The van der Waals surface area contributed by atoms with Crippen molar-refractivity contribution in [1.82, 2.24) is 0 Å². The molecule has 98 valence electrons. The molecule has 1 saturated heterocycles. The second-order valence-corrected chi connectivity index (χ2v) is 5.28. The van der Waals surface area contributed by atoms with E-state index in [-0.39, 0.29) is 11.9 Å². The van der Waals surface area contributed by atoms with Crippen LogP contribution in [0.15, 0.2) is 27.8 Å². The summed E-state index contributed by atoms with van der Waals surface area (Å²) in [4.78, 5) is 2.14. The first-order chi connectivity index (χ1) is 8.61. The molecule has 0 saturated carbocycles. The number of nitrogens with two attached hydrogens (primary N) is 1. The summed E-state index contributed by atoms with van der Waals surface area (Å²) >= 11 is 3.43. The van der Waals surface area contributed by atoms with Crippen LogP contribution in [0.5, 0.6) is 0 Å². The summed E-state index contributed by atoms with van der Waals surface area (Å²) in [6.07, 6.45) is 1.25. The zero-order valence-corrected chi connectivity index (χ0v) is 11.5. The minimum absolute atomic E-state index is 0.101. The lowest BCUT2D eigenvalue weighted by Crippen LogP contribution is -2.37. The van der Waals surface area contributed by atoms with Crippen molar-refractivity contribution in [1.29, 1.82) is 0 Å². The summed E-state index contributed by atoms with van der Waals surface area (Å²) in [5.41, 5.74) is 7.32. The van der Waals surface area contributed by atoms with Crippen LogP contribution in [-0.4, -0.2) is 35.3 Å². The predicted molar refractivity (Wildman–Crippen MR) is 74.1 cm³/mol. The molecule has 0 aliphatic carbocycles. The molecule has 0 radical (unpaired) electrons. The van der Waals surface area contributed by atoms with Gasteiger partial charge in [-0.05, 0) is 31.0 Å². The van der Waals surface area contributed by atoms with Gasteiger partial charge in [-0.25, -0.2) is 0 Å². The average molecular weight is 314 g/mol. The van der Waals surface area contributed by atoms with E-state index in [1.165, 1.54) is 0 Å². The zero-order valence-electron chi connectivity index (χ0n) is 9.88. The topological polar surface area (TPSA) is 82.1 Å². The molecule has 1 aromatic rings. The maximum atomic E-state index is 9.53. The van der Waals surface area contributed by atoms with Crippen LogP contribution in [0.2, 0.25) is 0 Å². The Balaban J connectivity index is 2.33. The van der Waals surface area contributed by atoms with E-state index < -0.39 is 0 Å². The van der Waals surface area contributed by atoms with E-state index >= 15 is 0 Å². The van der Waals surface area contributed by atoms with Gasteiger partial charge in [-0.2, -0.15) is 0 Å². The van der Waals surface area contributed by atoms with E-state index in [1.807, 2.05) is 18.2 Å². The number of nitrogens with zero attached hydrogens (tertiary/aromatic N) is 2. The molecule has 6 heteroatoms. The largest absolute Gasteiger partial charge is 0.409 e. The van der Waals surface area contributed by atoms with Crippen molar-refractivity contribution < 1.29 is 10.3 Å². The molecule has 0 amide bonds. The molecule has 0 atom stereocenters. The van der Waals surface area contributed by atoms with Crippen LogP contribution in [-0.2, 0) is 0 Å². The molecular weight excluding hydrogens is 298 g/mol. The highest BCUT2D eigenvalue weighted by Gasteiger charge is 2.20. The van der Waals surface area contributed by atoms with Crippen LogP contribution >= 0.6 is 15.9 Å². The fourth-order valence-electron chi connectivity index (χ4n) is 2.14. The monoisotopic (exact) mass is 313 g/mol. The van der Waals surface area contributed by atoms with Crippen LogP contribution in [0.3, 0.4) is 0 Å². The number of piperidine rings is 1. The first-order valence-corrected chi connectivity index (χ1v) is 6.61. The van der Waals surface area contributed by atoms with Crippen LogP contribution in [0.4, 0.5) is 5.69 Å². The number of hydrogen-bond acceptors (Lipinski definition) is 4. The van der Waals surface area contributed by atoms with Crippen LogP contribution < -0.4 is 10.6 Å². The number of anilines is 1. The Labute approximate surface area is 114 Å².